The van der Waals surface area contributed by atoms with Gasteiger partial charge in [-0.15, -0.1) is 13.2 Å². The third-order valence-corrected chi connectivity index (χ3v) is 4.94. The number of rotatable bonds is 6. The van der Waals surface area contributed by atoms with Crippen molar-refractivity contribution in [1.29, 1.82) is 5.26 Å². The van der Waals surface area contributed by atoms with Gasteiger partial charge < -0.3 is 14.4 Å². The van der Waals surface area contributed by atoms with E-state index in [4.69, 9.17) is 10.00 Å². The molecule has 1 saturated heterocycles. The summed E-state index contributed by atoms with van der Waals surface area (Å²) < 4.78 is 46.3. The molecule has 0 radical (unpaired) electrons. The maximum Gasteiger partial charge on any atom is 0.573 e. The van der Waals surface area contributed by atoms with E-state index in [0.29, 0.717) is 43.3 Å². The van der Waals surface area contributed by atoms with E-state index < -0.39 is 6.36 Å². The molecule has 0 unspecified atom stereocenters. The van der Waals surface area contributed by atoms with E-state index in [1.54, 1.807) is 17.0 Å². The van der Waals surface area contributed by atoms with Crippen molar-refractivity contribution in [2.75, 3.05) is 19.7 Å². The first-order valence-corrected chi connectivity index (χ1v) is 9.56. The van der Waals surface area contributed by atoms with Crippen LogP contribution in [0.2, 0.25) is 0 Å². The lowest BCUT2D eigenvalue weighted by molar-refractivity contribution is -0.274. The molecule has 1 heterocycles. The summed E-state index contributed by atoms with van der Waals surface area (Å²) in [6.45, 7) is 2.21. The van der Waals surface area contributed by atoms with E-state index in [-0.39, 0.29) is 11.7 Å². The highest BCUT2D eigenvalue weighted by Gasteiger charge is 2.31. The van der Waals surface area contributed by atoms with Crippen molar-refractivity contribution in [3.05, 3.63) is 65.2 Å². The molecule has 1 fully saturated rings. The molecule has 0 N–H and O–H groups in total. The van der Waals surface area contributed by atoms with Crippen molar-refractivity contribution < 1.29 is 27.4 Å². The Bertz CT molecular complexity index is 882. The van der Waals surface area contributed by atoms with Gasteiger partial charge in [0.15, 0.2) is 0 Å². The molecule has 0 aromatic heterocycles. The first-order valence-electron chi connectivity index (χ1n) is 9.56. The van der Waals surface area contributed by atoms with Crippen LogP contribution in [0.3, 0.4) is 0 Å². The molecule has 1 amide bonds. The highest BCUT2D eigenvalue weighted by Crippen LogP contribution is 2.24. The normalized spacial score (nSPS) is 14.9. The molecule has 0 aliphatic carbocycles. The van der Waals surface area contributed by atoms with Gasteiger partial charge in [-0.3, -0.25) is 4.79 Å². The van der Waals surface area contributed by atoms with Crippen LogP contribution in [0.4, 0.5) is 13.2 Å². The molecular formula is C22H21F3N2O3. The minimum Gasteiger partial charge on any atom is -0.406 e. The van der Waals surface area contributed by atoms with Crippen LogP contribution in [0.15, 0.2) is 48.5 Å². The SMILES string of the molecule is N#Cc1ccc(COCC2CCN(C(=O)c3ccc(OC(F)(F)F)cc3)CC2)cc1. The molecule has 2 aromatic carbocycles. The fourth-order valence-corrected chi connectivity index (χ4v) is 3.30. The molecule has 8 heteroatoms. The first kappa shape index (κ1) is 21.7. The van der Waals surface area contributed by atoms with Gasteiger partial charge in [-0.25, -0.2) is 0 Å². The lowest BCUT2D eigenvalue weighted by atomic mass is 9.97. The molecule has 0 spiro atoms. The lowest BCUT2D eigenvalue weighted by Gasteiger charge is -2.32. The van der Waals surface area contributed by atoms with Gasteiger partial charge in [0.1, 0.15) is 5.75 Å². The van der Waals surface area contributed by atoms with Gasteiger partial charge in [0.05, 0.1) is 18.2 Å². The molecule has 0 bridgehead atoms. The zero-order valence-electron chi connectivity index (χ0n) is 16.2. The standard InChI is InChI=1S/C22H21F3N2O3/c23-22(24,25)30-20-7-5-19(6-8-20)21(28)27-11-9-18(10-12-27)15-29-14-17-3-1-16(13-26)2-4-17/h1-8,18H,9-12,14-15H2. The fraction of sp³-hybridized carbons (Fsp3) is 0.364. The number of hydrogen-bond donors (Lipinski definition) is 0. The summed E-state index contributed by atoms with van der Waals surface area (Å²) in [6.07, 6.45) is -3.15. The molecule has 158 valence electrons. The Labute approximate surface area is 172 Å². The summed E-state index contributed by atoms with van der Waals surface area (Å²) in [5.41, 5.74) is 1.94. The van der Waals surface area contributed by atoms with Crippen LogP contribution >= 0.6 is 0 Å². The molecule has 5 nitrogen and oxygen atoms in total. The van der Waals surface area contributed by atoms with E-state index in [0.717, 1.165) is 30.5 Å². The summed E-state index contributed by atoms with van der Waals surface area (Å²) in [5, 5.41) is 8.80. The van der Waals surface area contributed by atoms with Crippen molar-refractivity contribution in [3.8, 4) is 11.8 Å². The largest absolute Gasteiger partial charge is 0.573 e. The number of piperidine rings is 1. The second kappa shape index (κ2) is 9.63. The molecule has 3 rings (SSSR count). The topological polar surface area (TPSA) is 62.6 Å². The van der Waals surface area contributed by atoms with Crippen LogP contribution in [0.25, 0.3) is 0 Å². The number of hydrogen-bond acceptors (Lipinski definition) is 4. The minimum absolute atomic E-state index is 0.203. The van der Waals surface area contributed by atoms with E-state index in [9.17, 15) is 18.0 Å². The summed E-state index contributed by atoms with van der Waals surface area (Å²) in [7, 11) is 0. The number of benzene rings is 2. The summed E-state index contributed by atoms with van der Waals surface area (Å²) >= 11 is 0. The molecule has 30 heavy (non-hydrogen) atoms. The van der Waals surface area contributed by atoms with Gasteiger partial charge >= 0.3 is 6.36 Å². The Balaban J connectivity index is 1.42. The number of nitriles is 1. The molecule has 1 aliphatic rings. The number of alkyl halides is 3. The van der Waals surface area contributed by atoms with Crippen LogP contribution in [-0.2, 0) is 11.3 Å². The number of carbonyl (C=O) groups excluding carboxylic acids is 1. The maximum atomic E-state index is 12.6. The second-order valence-corrected chi connectivity index (χ2v) is 7.13. The van der Waals surface area contributed by atoms with Crippen molar-refractivity contribution in [2.45, 2.75) is 25.8 Å². The average molecular weight is 418 g/mol. The number of halogens is 3. The number of amides is 1. The van der Waals surface area contributed by atoms with Gasteiger partial charge in [-0.05, 0) is 60.7 Å². The highest BCUT2D eigenvalue weighted by atomic mass is 19.4. The minimum atomic E-state index is -4.75. The van der Waals surface area contributed by atoms with E-state index in [1.165, 1.54) is 12.1 Å². The van der Waals surface area contributed by atoms with Crippen LogP contribution in [0.1, 0.15) is 34.3 Å². The van der Waals surface area contributed by atoms with E-state index in [1.807, 2.05) is 12.1 Å². The number of likely N-dealkylation sites (tertiary alicyclic amines) is 1. The van der Waals surface area contributed by atoms with Gasteiger partial charge in [0.2, 0.25) is 0 Å². The van der Waals surface area contributed by atoms with Crippen LogP contribution in [0.5, 0.6) is 5.75 Å². The Morgan fingerprint density at radius 1 is 1.07 bits per heavy atom. The maximum absolute atomic E-state index is 12.6. The third-order valence-electron chi connectivity index (χ3n) is 4.94. The number of nitrogens with zero attached hydrogens (tertiary/aromatic N) is 2. The summed E-state index contributed by atoms with van der Waals surface area (Å²) in [5.74, 6) is -0.210. The van der Waals surface area contributed by atoms with E-state index in [2.05, 4.69) is 10.8 Å². The average Bonchev–Trinajstić information content (AvgIpc) is 2.74. The highest BCUT2D eigenvalue weighted by molar-refractivity contribution is 5.94. The van der Waals surface area contributed by atoms with Crippen LogP contribution in [0, 0.1) is 17.2 Å². The van der Waals surface area contributed by atoms with Gasteiger partial charge in [-0.2, -0.15) is 5.26 Å². The zero-order chi connectivity index (χ0) is 21.6. The predicted molar refractivity (Wildman–Crippen MR) is 103 cm³/mol. The summed E-state index contributed by atoms with van der Waals surface area (Å²) in [4.78, 5) is 14.3. The summed E-state index contributed by atoms with van der Waals surface area (Å²) in [6, 6.07) is 14.3. The molecule has 2 aromatic rings. The molecular weight excluding hydrogens is 397 g/mol. The van der Waals surface area contributed by atoms with E-state index >= 15 is 0 Å². The number of carbonyl (C=O) groups is 1. The zero-order valence-corrected chi connectivity index (χ0v) is 16.2. The lowest BCUT2D eigenvalue weighted by Crippen LogP contribution is -2.39. The predicted octanol–water partition coefficient (Wildman–Crippen LogP) is 4.53. The van der Waals surface area contributed by atoms with Crippen LogP contribution in [-0.4, -0.2) is 36.9 Å². The Hall–Kier alpha value is -3.05. The molecule has 1 aliphatic heterocycles. The van der Waals surface area contributed by atoms with Gasteiger partial charge in [0.25, 0.3) is 5.91 Å². The quantitative estimate of drug-likeness (QED) is 0.692. The first-order chi connectivity index (χ1) is 14.3. The van der Waals surface area contributed by atoms with Crippen molar-refractivity contribution in [1.82, 2.24) is 4.90 Å². The molecule has 0 atom stereocenters. The Kier molecular flexibility index (Phi) is 6.95. The van der Waals surface area contributed by atoms with Crippen molar-refractivity contribution in [2.24, 2.45) is 5.92 Å². The Morgan fingerprint density at radius 2 is 1.70 bits per heavy atom. The van der Waals surface area contributed by atoms with Gasteiger partial charge in [0, 0.05) is 25.3 Å². The second-order valence-electron chi connectivity index (χ2n) is 7.13. The fourth-order valence-electron chi connectivity index (χ4n) is 3.30. The third kappa shape index (κ3) is 6.22. The van der Waals surface area contributed by atoms with Crippen molar-refractivity contribution >= 4 is 5.91 Å². The van der Waals surface area contributed by atoms with Crippen molar-refractivity contribution in [3.63, 3.8) is 0 Å². The monoisotopic (exact) mass is 418 g/mol. The van der Waals surface area contributed by atoms with Gasteiger partial charge in [-0.1, -0.05) is 12.1 Å². The molecule has 0 saturated carbocycles. The van der Waals surface area contributed by atoms with Crippen LogP contribution < -0.4 is 4.74 Å². The number of ether oxygens (including phenoxy) is 2. The Morgan fingerprint density at radius 3 is 2.27 bits per heavy atom. The smallest absolute Gasteiger partial charge is 0.406 e.